The van der Waals surface area contributed by atoms with Crippen molar-refractivity contribution in [3.8, 4) is 0 Å². The van der Waals surface area contributed by atoms with Gasteiger partial charge in [0.1, 0.15) is 16.3 Å². The first-order valence-electron chi connectivity index (χ1n) is 9.11. The number of benzene rings is 1. The normalized spacial score (nSPS) is 15.3. The maximum absolute atomic E-state index is 14.1. The Labute approximate surface area is 161 Å². The van der Waals surface area contributed by atoms with Crippen molar-refractivity contribution in [1.82, 2.24) is 14.8 Å². The molecule has 1 aliphatic rings. The van der Waals surface area contributed by atoms with Crippen molar-refractivity contribution in [3.05, 3.63) is 58.9 Å². The van der Waals surface area contributed by atoms with E-state index in [0.29, 0.717) is 24.3 Å². The SMILES string of the molecule is O=C(NCCN1CCOCC1)c1cc2ccsc2n1Cc1ccccc1F. The van der Waals surface area contributed by atoms with Crippen LogP contribution in [0.5, 0.6) is 0 Å². The van der Waals surface area contributed by atoms with Crippen LogP contribution in [0.25, 0.3) is 10.2 Å². The van der Waals surface area contributed by atoms with Crippen LogP contribution in [0.15, 0.2) is 41.8 Å². The summed E-state index contributed by atoms with van der Waals surface area (Å²) in [5.41, 5.74) is 1.15. The van der Waals surface area contributed by atoms with Gasteiger partial charge in [-0.1, -0.05) is 18.2 Å². The third kappa shape index (κ3) is 4.05. The van der Waals surface area contributed by atoms with Crippen LogP contribution in [0, 0.1) is 5.82 Å². The summed E-state index contributed by atoms with van der Waals surface area (Å²) in [6.07, 6.45) is 0. The molecule has 4 rings (SSSR count). The number of ether oxygens (including phenoxy) is 1. The summed E-state index contributed by atoms with van der Waals surface area (Å²) in [4.78, 5) is 16.0. The zero-order valence-corrected chi connectivity index (χ0v) is 15.8. The fraction of sp³-hybridized carbons (Fsp3) is 0.350. The van der Waals surface area contributed by atoms with Crippen molar-refractivity contribution >= 4 is 27.5 Å². The number of hydrogen-bond acceptors (Lipinski definition) is 4. The van der Waals surface area contributed by atoms with Gasteiger partial charge in [-0.2, -0.15) is 0 Å². The average molecular weight is 387 g/mol. The highest BCUT2D eigenvalue weighted by molar-refractivity contribution is 7.16. The summed E-state index contributed by atoms with van der Waals surface area (Å²) in [5.74, 6) is -0.377. The second kappa shape index (κ2) is 8.21. The summed E-state index contributed by atoms with van der Waals surface area (Å²) < 4.78 is 21.4. The van der Waals surface area contributed by atoms with Gasteiger partial charge in [-0.25, -0.2) is 4.39 Å². The molecule has 1 amide bonds. The number of nitrogens with one attached hydrogen (secondary N) is 1. The molecule has 0 aliphatic carbocycles. The van der Waals surface area contributed by atoms with Crippen LogP contribution in [0.1, 0.15) is 16.1 Å². The van der Waals surface area contributed by atoms with E-state index in [4.69, 9.17) is 4.74 Å². The Balaban J connectivity index is 1.49. The van der Waals surface area contributed by atoms with Crippen LogP contribution in [-0.2, 0) is 11.3 Å². The lowest BCUT2D eigenvalue weighted by Crippen LogP contribution is -2.41. The summed E-state index contributed by atoms with van der Waals surface area (Å²) >= 11 is 1.56. The molecule has 0 bridgehead atoms. The Bertz CT molecular complexity index is 930. The van der Waals surface area contributed by atoms with Gasteiger partial charge >= 0.3 is 0 Å². The number of carbonyl (C=O) groups excluding carboxylic acids is 1. The second-order valence-corrected chi connectivity index (χ2v) is 7.49. The molecule has 1 aliphatic heterocycles. The molecule has 142 valence electrons. The topological polar surface area (TPSA) is 46.5 Å². The highest BCUT2D eigenvalue weighted by atomic mass is 32.1. The smallest absolute Gasteiger partial charge is 0.268 e. The molecule has 27 heavy (non-hydrogen) atoms. The van der Waals surface area contributed by atoms with Gasteiger partial charge in [0.25, 0.3) is 5.91 Å². The number of thiophene rings is 1. The van der Waals surface area contributed by atoms with Gasteiger partial charge in [-0.3, -0.25) is 9.69 Å². The molecule has 0 spiro atoms. The zero-order chi connectivity index (χ0) is 18.6. The minimum absolute atomic E-state index is 0.122. The van der Waals surface area contributed by atoms with Crippen molar-refractivity contribution in [1.29, 1.82) is 0 Å². The molecule has 0 unspecified atom stereocenters. The maximum Gasteiger partial charge on any atom is 0.268 e. The molecular formula is C20H22FN3O2S. The van der Waals surface area contributed by atoms with E-state index in [1.54, 1.807) is 23.5 Å². The Hall–Kier alpha value is -2.22. The van der Waals surface area contributed by atoms with E-state index in [0.717, 1.165) is 43.1 Å². The Kier molecular flexibility index (Phi) is 5.52. The fourth-order valence-electron chi connectivity index (χ4n) is 3.36. The lowest BCUT2D eigenvalue weighted by molar-refractivity contribution is 0.0383. The highest BCUT2D eigenvalue weighted by Gasteiger charge is 2.18. The number of aromatic nitrogens is 1. The van der Waals surface area contributed by atoms with Gasteiger partial charge in [-0.05, 0) is 23.6 Å². The molecule has 0 atom stereocenters. The van der Waals surface area contributed by atoms with Gasteiger partial charge in [-0.15, -0.1) is 11.3 Å². The monoisotopic (exact) mass is 387 g/mol. The molecule has 3 heterocycles. The van der Waals surface area contributed by atoms with E-state index < -0.39 is 0 Å². The fourth-order valence-corrected chi connectivity index (χ4v) is 4.26. The number of halogens is 1. The van der Waals surface area contributed by atoms with Crippen LogP contribution >= 0.6 is 11.3 Å². The zero-order valence-electron chi connectivity index (χ0n) is 15.0. The van der Waals surface area contributed by atoms with Gasteiger partial charge in [0.05, 0.1) is 19.8 Å². The largest absolute Gasteiger partial charge is 0.379 e. The van der Waals surface area contributed by atoms with Gasteiger partial charge in [0, 0.05) is 37.1 Å². The third-order valence-electron chi connectivity index (χ3n) is 4.84. The van der Waals surface area contributed by atoms with Crippen molar-refractivity contribution < 1.29 is 13.9 Å². The number of rotatable bonds is 6. The lowest BCUT2D eigenvalue weighted by atomic mass is 10.2. The molecule has 1 aromatic carbocycles. The van der Waals surface area contributed by atoms with Gasteiger partial charge in [0.15, 0.2) is 0 Å². The molecule has 1 N–H and O–H groups in total. The van der Waals surface area contributed by atoms with Gasteiger partial charge < -0.3 is 14.6 Å². The minimum atomic E-state index is -0.255. The van der Waals surface area contributed by atoms with Crippen molar-refractivity contribution in [2.45, 2.75) is 6.54 Å². The molecule has 0 saturated carbocycles. The molecular weight excluding hydrogens is 365 g/mol. The number of morpholine rings is 1. The van der Waals surface area contributed by atoms with Crippen LogP contribution in [0.2, 0.25) is 0 Å². The number of fused-ring (bicyclic) bond motifs is 1. The Morgan fingerprint density at radius 3 is 2.85 bits per heavy atom. The first kappa shape index (κ1) is 18.2. The number of amides is 1. The first-order chi connectivity index (χ1) is 13.2. The van der Waals surface area contributed by atoms with Crippen LogP contribution in [0.3, 0.4) is 0 Å². The van der Waals surface area contributed by atoms with E-state index >= 15 is 0 Å². The van der Waals surface area contributed by atoms with E-state index in [-0.39, 0.29) is 11.7 Å². The maximum atomic E-state index is 14.1. The van der Waals surface area contributed by atoms with Crippen molar-refractivity contribution in [2.75, 3.05) is 39.4 Å². The molecule has 7 heteroatoms. The minimum Gasteiger partial charge on any atom is -0.379 e. The van der Waals surface area contributed by atoms with E-state index in [1.807, 2.05) is 28.1 Å². The van der Waals surface area contributed by atoms with Crippen LogP contribution in [0.4, 0.5) is 4.39 Å². The molecule has 2 aromatic heterocycles. The molecule has 1 fully saturated rings. The highest BCUT2D eigenvalue weighted by Crippen LogP contribution is 2.27. The van der Waals surface area contributed by atoms with Crippen molar-refractivity contribution in [2.24, 2.45) is 0 Å². The average Bonchev–Trinajstić information content (AvgIpc) is 3.27. The number of carbonyl (C=O) groups is 1. The summed E-state index contributed by atoms with van der Waals surface area (Å²) in [7, 11) is 0. The quantitative estimate of drug-likeness (QED) is 0.707. The first-order valence-corrected chi connectivity index (χ1v) is 9.99. The number of nitrogens with zero attached hydrogens (tertiary/aromatic N) is 2. The third-order valence-corrected chi connectivity index (χ3v) is 5.79. The molecule has 1 saturated heterocycles. The number of hydrogen-bond donors (Lipinski definition) is 1. The van der Waals surface area contributed by atoms with E-state index in [1.165, 1.54) is 6.07 Å². The predicted molar refractivity (Wildman–Crippen MR) is 105 cm³/mol. The Morgan fingerprint density at radius 2 is 2.04 bits per heavy atom. The van der Waals surface area contributed by atoms with E-state index in [9.17, 15) is 9.18 Å². The summed E-state index contributed by atoms with van der Waals surface area (Å²) in [5, 5.41) is 6.00. The standard InChI is InChI=1S/C20H22FN3O2S/c21-17-4-2-1-3-16(17)14-24-18(13-15-5-12-27-20(15)24)19(25)22-6-7-23-8-10-26-11-9-23/h1-5,12-13H,6-11,14H2,(H,22,25). The van der Waals surface area contributed by atoms with Crippen LogP contribution < -0.4 is 5.32 Å². The van der Waals surface area contributed by atoms with E-state index in [2.05, 4.69) is 10.2 Å². The molecule has 5 nitrogen and oxygen atoms in total. The molecule has 0 radical (unpaired) electrons. The summed E-state index contributed by atoms with van der Waals surface area (Å²) in [6.45, 7) is 5.01. The summed E-state index contributed by atoms with van der Waals surface area (Å²) in [6, 6.07) is 10.6. The Morgan fingerprint density at radius 1 is 1.22 bits per heavy atom. The van der Waals surface area contributed by atoms with Gasteiger partial charge in [0.2, 0.25) is 0 Å². The van der Waals surface area contributed by atoms with Crippen molar-refractivity contribution in [3.63, 3.8) is 0 Å². The second-order valence-electron chi connectivity index (χ2n) is 6.60. The molecule has 3 aromatic rings. The lowest BCUT2D eigenvalue weighted by Gasteiger charge is -2.26. The van der Waals surface area contributed by atoms with Crippen LogP contribution in [-0.4, -0.2) is 54.8 Å². The predicted octanol–water partition coefficient (Wildman–Crippen LogP) is 2.95.